The normalized spacial score (nSPS) is 10.7. The van der Waals surface area contributed by atoms with Gasteiger partial charge in [-0.2, -0.15) is 0 Å². The SMILES string of the molecule is CSc1nc(-c2ccccc2)c(Cc2cccc(C)c2)c(=O)[nH]1. The van der Waals surface area contributed by atoms with Gasteiger partial charge in [0.05, 0.1) is 5.69 Å². The van der Waals surface area contributed by atoms with Crippen molar-refractivity contribution in [1.82, 2.24) is 9.97 Å². The average molecular weight is 322 g/mol. The molecule has 0 saturated carbocycles. The van der Waals surface area contributed by atoms with Gasteiger partial charge in [-0.3, -0.25) is 4.79 Å². The Kier molecular flexibility index (Phi) is 4.63. The predicted octanol–water partition coefficient (Wildman–Crippen LogP) is 4.06. The lowest BCUT2D eigenvalue weighted by Crippen LogP contribution is -2.17. The van der Waals surface area contributed by atoms with Crippen LogP contribution in [0.25, 0.3) is 11.3 Å². The minimum atomic E-state index is -0.0651. The average Bonchev–Trinajstić information content (AvgIpc) is 2.57. The molecule has 0 unspecified atom stereocenters. The van der Waals surface area contributed by atoms with E-state index in [1.165, 1.54) is 17.3 Å². The molecule has 0 aliphatic heterocycles. The van der Waals surface area contributed by atoms with Crippen molar-refractivity contribution in [3.63, 3.8) is 0 Å². The Morgan fingerprint density at radius 3 is 2.57 bits per heavy atom. The van der Waals surface area contributed by atoms with Crippen LogP contribution in [0.4, 0.5) is 0 Å². The molecule has 0 amide bonds. The van der Waals surface area contributed by atoms with Crippen LogP contribution in [-0.4, -0.2) is 16.2 Å². The standard InChI is InChI=1S/C19H18N2OS/c1-13-7-6-8-14(11-13)12-16-17(15-9-4-3-5-10-15)20-19(23-2)21-18(16)22/h3-11H,12H2,1-2H3,(H,20,21,22). The second kappa shape index (κ2) is 6.84. The van der Waals surface area contributed by atoms with E-state index in [1.54, 1.807) is 0 Å². The van der Waals surface area contributed by atoms with E-state index in [0.29, 0.717) is 17.1 Å². The number of H-pyrrole nitrogens is 1. The zero-order valence-corrected chi connectivity index (χ0v) is 14.0. The van der Waals surface area contributed by atoms with Gasteiger partial charge >= 0.3 is 0 Å². The summed E-state index contributed by atoms with van der Waals surface area (Å²) in [7, 11) is 0. The predicted molar refractivity (Wildman–Crippen MR) is 96.1 cm³/mol. The Labute approximate surface area is 139 Å². The first-order valence-corrected chi connectivity index (χ1v) is 8.68. The Bertz CT molecular complexity index is 872. The van der Waals surface area contributed by atoms with Gasteiger partial charge in [-0.1, -0.05) is 71.9 Å². The first kappa shape index (κ1) is 15.6. The number of nitrogens with zero attached hydrogens (tertiary/aromatic N) is 1. The van der Waals surface area contributed by atoms with Crippen molar-refractivity contribution in [1.29, 1.82) is 0 Å². The number of rotatable bonds is 4. The van der Waals surface area contributed by atoms with E-state index in [9.17, 15) is 4.79 Å². The summed E-state index contributed by atoms with van der Waals surface area (Å²) < 4.78 is 0. The molecule has 0 bridgehead atoms. The largest absolute Gasteiger partial charge is 0.301 e. The van der Waals surface area contributed by atoms with E-state index >= 15 is 0 Å². The van der Waals surface area contributed by atoms with Crippen molar-refractivity contribution in [2.45, 2.75) is 18.5 Å². The molecule has 1 aromatic heterocycles. The van der Waals surface area contributed by atoms with Gasteiger partial charge in [-0.05, 0) is 18.7 Å². The number of benzene rings is 2. The van der Waals surface area contributed by atoms with Gasteiger partial charge < -0.3 is 4.98 Å². The summed E-state index contributed by atoms with van der Waals surface area (Å²) in [4.78, 5) is 20.1. The Morgan fingerprint density at radius 2 is 1.87 bits per heavy atom. The van der Waals surface area contributed by atoms with Gasteiger partial charge in [0.1, 0.15) is 0 Å². The molecule has 23 heavy (non-hydrogen) atoms. The van der Waals surface area contributed by atoms with Gasteiger partial charge in [0, 0.05) is 17.5 Å². The van der Waals surface area contributed by atoms with Crippen LogP contribution in [0.3, 0.4) is 0 Å². The van der Waals surface area contributed by atoms with Crippen LogP contribution in [0.1, 0.15) is 16.7 Å². The Morgan fingerprint density at radius 1 is 1.09 bits per heavy atom. The summed E-state index contributed by atoms with van der Waals surface area (Å²) in [5, 5.41) is 0.641. The monoisotopic (exact) mass is 322 g/mol. The number of aryl methyl sites for hydroxylation is 1. The third kappa shape index (κ3) is 3.54. The maximum Gasteiger partial charge on any atom is 0.255 e. The van der Waals surface area contributed by atoms with Gasteiger partial charge in [-0.15, -0.1) is 0 Å². The molecule has 0 aliphatic carbocycles. The molecule has 1 N–H and O–H groups in total. The molecule has 4 heteroatoms. The molecule has 0 saturated heterocycles. The quantitative estimate of drug-likeness (QED) is 0.582. The summed E-state index contributed by atoms with van der Waals surface area (Å²) in [6.45, 7) is 2.06. The molecule has 0 atom stereocenters. The first-order chi connectivity index (χ1) is 11.2. The van der Waals surface area contributed by atoms with E-state index in [1.807, 2.05) is 48.7 Å². The third-order valence-electron chi connectivity index (χ3n) is 3.70. The van der Waals surface area contributed by atoms with E-state index in [4.69, 9.17) is 0 Å². The van der Waals surface area contributed by atoms with Crippen molar-refractivity contribution in [2.75, 3.05) is 6.26 Å². The molecule has 0 aliphatic rings. The van der Waals surface area contributed by atoms with E-state index in [0.717, 1.165) is 16.8 Å². The molecule has 116 valence electrons. The van der Waals surface area contributed by atoms with E-state index in [2.05, 4.69) is 29.0 Å². The number of hydrogen-bond donors (Lipinski definition) is 1. The molecular formula is C19H18N2OS. The molecule has 2 aromatic carbocycles. The molecule has 3 rings (SSSR count). The summed E-state index contributed by atoms with van der Waals surface area (Å²) in [5.74, 6) is 0. The summed E-state index contributed by atoms with van der Waals surface area (Å²) >= 11 is 1.44. The van der Waals surface area contributed by atoms with Crippen LogP contribution < -0.4 is 5.56 Å². The maximum atomic E-state index is 12.6. The van der Waals surface area contributed by atoms with Crippen molar-refractivity contribution in [2.24, 2.45) is 0 Å². The maximum absolute atomic E-state index is 12.6. The molecular weight excluding hydrogens is 304 g/mol. The van der Waals surface area contributed by atoms with Crippen LogP contribution in [0.2, 0.25) is 0 Å². The van der Waals surface area contributed by atoms with Gasteiger partial charge in [0.25, 0.3) is 5.56 Å². The van der Waals surface area contributed by atoms with Crippen molar-refractivity contribution in [3.05, 3.63) is 81.6 Å². The molecule has 3 aromatic rings. The molecule has 1 heterocycles. The second-order valence-electron chi connectivity index (χ2n) is 5.43. The number of thioether (sulfide) groups is 1. The number of aromatic amines is 1. The van der Waals surface area contributed by atoms with Crippen LogP contribution in [0, 0.1) is 6.92 Å². The second-order valence-corrected chi connectivity index (χ2v) is 6.23. The first-order valence-electron chi connectivity index (χ1n) is 7.45. The van der Waals surface area contributed by atoms with Gasteiger partial charge in [0.15, 0.2) is 5.16 Å². The summed E-state index contributed by atoms with van der Waals surface area (Å²) in [6.07, 6.45) is 2.48. The van der Waals surface area contributed by atoms with Gasteiger partial charge in [-0.25, -0.2) is 4.98 Å². The number of aromatic nitrogens is 2. The summed E-state index contributed by atoms with van der Waals surface area (Å²) in [6, 6.07) is 18.1. The fraction of sp³-hybridized carbons (Fsp3) is 0.158. The van der Waals surface area contributed by atoms with Gasteiger partial charge in [0.2, 0.25) is 0 Å². The molecule has 0 radical (unpaired) electrons. The highest BCUT2D eigenvalue weighted by molar-refractivity contribution is 7.98. The topological polar surface area (TPSA) is 45.8 Å². The van der Waals surface area contributed by atoms with Crippen LogP contribution in [0.5, 0.6) is 0 Å². The smallest absolute Gasteiger partial charge is 0.255 e. The van der Waals surface area contributed by atoms with E-state index < -0.39 is 0 Å². The molecule has 0 fully saturated rings. The van der Waals surface area contributed by atoms with Crippen molar-refractivity contribution < 1.29 is 0 Å². The highest BCUT2D eigenvalue weighted by atomic mass is 32.2. The minimum Gasteiger partial charge on any atom is -0.301 e. The highest BCUT2D eigenvalue weighted by Crippen LogP contribution is 2.23. The minimum absolute atomic E-state index is 0.0651. The van der Waals surface area contributed by atoms with Crippen LogP contribution in [-0.2, 0) is 6.42 Å². The fourth-order valence-corrected chi connectivity index (χ4v) is 2.98. The lowest BCUT2D eigenvalue weighted by atomic mass is 9.99. The lowest BCUT2D eigenvalue weighted by molar-refractivity contribution is 0.909. The highest BCUT2D eigenvalue weighted by Gasteiger charge is 2.14. The number of hydrogen-bond acceptors (Lipinski definition) is 3. The molecule has 3 nitrogen and oxygen atoms in total. The summed E-state index contributed by atoms with van der Waals surface area (Å²) in [5.41, 5.74) is 4.68. The van der Waals surface area contributed by atoms with E-state index in [-0.39, 0.29) is 5.56 Å². The zero-order valence-electron chi connectivity index (χ0n) is 13.2. The molecule has 0 spiro atoms. The van der Waals surface area contributed by atoms with Crippen molar-refractivity contribution in [3.8, 4) is 11.3 Å². The lowest BCUT2D eigenvalue weighted by Gasteiger charge is -2.10. The Balaban J connectivity index is 2.13. The van der Waals surface area contributed by atoms with Crippen LogP contribution in [0.15, 0.2) is 64.5 Å². The zero-order chi connectivity index (χ0) is 16.2. The third-order valence-corrected chi connectivity index (χ3v) is 4.28. The van der Waals surface area contributed by atoms with Crippen molar-refractivity contribution >= 4 is 11.8 Å². The fourth-order valence-electron chi connectivity index (χ4n) is 2.60. The Hall–Kier alpha value is -2.33. The van der Waals surface area contributed by atoms with Crippen LogP contribution >= 0.6 is 11.8 Å². The number of nitrogens with one attached hydrogen (secondary N) is 1.